The highest BCUT2D eigenvalue weighted by molar-refractivity contribution is 8.42. The van der Waals surface area contributed by atoms with Crippen molar-refractivity contribution in [3.05, 3.63) is 113 Å². The van der Waals surface area contributed by atoms with Crippen molar-refractivity contribution in [2.24, 2.45) is 0 Å². The Bertz CT molecular complexity index is 1810. The highest BCUT2D eigenvalue weighted by Crippen LogP contribution is 2.66. The predicted molar refractivity (Wildman–Crippen MR) is 284 cm³/mol. The van der Waals surface area contributed by atoms with Crippen LogP contribution in [0.1, 0.15) is 140 Å². The first-order valence-corrected chi connectivity index (χ1v) is 28.6. The van der Waals surface area contributed by atoms with E-state index in [2.05, 4.69) is 134 Å². The lowest BCUT2D eigenvalue weighted by Crippen LogP contribution is -1.85. The SMILES string of the molecule is SCCCCCCCCCCCCSC1=C(c2ccc3ccccc3c2)S/C(=C2\SC(SCCCCCCCCCCCCS)=C(c3ccc4ccccc4c3)S2)S1. The molecule has 0 radical (unpaired) electrons. The van der Waals surface area contributed by atoms with Gasteiger partial charge < -0.3 is 0 Å². The molecule has 0 bridgehead atoms. The van der Waals surface area contributed by atoms with Crippen molar-refractivity contribution >= 4 is 127 Å². The molecule has 0 nitrogen and oxygen atoms in total. The van der Waals surface area contributed by atoms with Crippen LogP contribution in [0.15, 0.2) is 102 Å². The second-order valence-corrected chi connectivity index (χ2v) is 23.8. The standard InChI is InChI=1S/C50H64S8/c51-33-21-13-9-5-1-3-7-11-15-23-35-53-47-45(43-31-29-39-25-17-19-27-41(39)37-43)55-49(57-47)50-56-46(44-32-30-40-26-18-20-28-42(40)38-44)48(58-50)54-36-24-16-12-8-4-2-6-10-14-22-34-52/h17-20,25-32,37-38,51-52H,1-16,21-24,33-36H2/b50-49+. The van der Waals surface area contributed by atoms with Crippen LogP contribution in [0.4, 0.5) is 0 Å². The molecule has 312 valence electrons. The van der Waals surface area contributed by atoms with Gasteiger partial charge in [0.25, 0.3) is 0 Å². The Morgan fingerprint density at radius 3 is 1.03 bits per heavy atom. The third kappa shape index (κ3) is 15.3. The summed E-state index contributed by atoms with van der Waals surface area (Å²) in [6.07, 6.45) is 27.2. The molecule has 0 atom stereocenters. The first-order valence-electron chi connectivity index (χ1n) is 22.1. The largest absolute Gasteiger partial charge is 0.179 e. The van der Waals surface area contributed by atoms with Gasteiger partial charge in [-0.3, -0.25) is 0 Å². The minimum Gasteiger partial charge on any atom is -0.179 e. The third-order valence-corrected chi connectivity index (χ3v) is 20.3. The molecule has 0 aliphatic carbocycles. The van der Waals surface area contributed by atoms with E-state index in [0.29, 0.717) is 0 Å². The van der Waals surface area contributed by atoms with Gasteiger partial charge >= 0.3 is 0 Å². The van der Waals surface area contributed by atoms with Gasteiger partial charge in [0, 0.05) is 9.81 Å². The van der Waals surface area contributed by atoms with Gasteiger partial charge in [-0.2, -0.15) is 25.3 Å². The van der Waals surface area contributed by atoms with Crippen LogP contribution in [-0.2, 0) is 0 Å². The summed E-state index contributed by atoms with van der Waals surface area (Å²) in [7, 11) is 0. The van der Waals surface area contributed by atoms with Crippen molar-refractivity contribution in [3.8, 4) is 0 Å². The van der Waals surface area contributed by atoms with E-state index in [0.717, 1.165) is 11.5 Å². The van der Waals surface area contributed by atoms with E-state index >= 15 is 0 Å². The Kier molecular flexibility index (Phi) is 22.2. The fourth-order valence-electron chi connectivity index (χ4n) is 7.53. The van der Waals surface area contributed by atoms with Gasteiger partial charge in [0.1, 0.15) is 0 Å². The zero-order chi connectivity index (χ0) is 40.0. The van der Waals surface area contributed by atoms with Gasteiger partial charge in [-0.05, 0) is 93.5 Å². The summed E-state index contributed by atoms with van der Waals surface area (Å²) >= 11 is 21.1. The lowest BCUT2D eigenvalue weighted by molar-refractivity contribution is 0.564. The summed E-state index contributed by atoms with van der Waals surface area (Å²) in [5.74, 6) is 4.47. The van der Waals surface area contributed by atoms with Gasteiger partial charge in [0.2, 0.25) is 0 Å². The summed E-state index contributed by atoms with van der Waals surface area (Å²) in [5, 5.41) is 5.29. The van der Waals surface area contributed by atoms with E-state index in [1.807, 2.05) is 47.0 Å². The lowest BCUT2D eigenvalue weighted by atomic mass is 10.1. The fraction of sp³-hybridized carbons (Fsp3) is 0.480. The van der Waals surface area contributed by atoms with Gasteiger partial charge in [0.15, 0.2) is 0 Å². The summed E-state index contributed by atoms with van der Waals surface area (Å²) in [4.78, 5) is 2.90. The Balaban J connectivity index is 1.08. The molecule has 2 aliphatic heterocycles. The highest BCUT2D eigenvalue weighted by Gasteiger charge is 2.31. The zero-order valence-electron chi connectivity index (χ0n) is 34.4. The minimum absolute atomic E-state index is 1.04. The molecule has 0 amide bonds. The highest BCUT2D eigenvalue weighted by atomic mass is 32.2. The molecule has 0 saturated heterocycles. The summed E-state index contributed by atoms with van der Waals surface area (Å²) in [5.41, 5.74) is 2.73. The Morgan fingerprint density at radius 1 is 0.345 bits per heavy atom. The van der Waals surface area contributed by atoms with Gasteiger partial charge in [0.05, 0.1) is 16.9 Å². The number of unbranched alkanes of at least 4 members (excludes halogenated alkanes) is 18. The normalized spacial score (nSPS) is 15.9. The van der Waals surface area contributed by atoms with Crippen LogP contribution in [0.5, 0.6) is 0 Å². The average Bonchev–Trinajstić information content (AvgIpc) is 3.89. The number of hydrogen-bond acceptors (Lipinski definition) is 8. The maximum atomic E-state index is 4.35. The van der Waals surface area contributed by atoms with Gasteiger partial charge in [-0.1, -0.05) is 223 Å². The maximum Gasteiger partial charge on any atom is 0.0712 e. The van der Waals surface area contributed by atoms with Crippen LogP contribution in [0.2, 0.25) is 0 Å². The number of hydrogen-bond donors (Lipinski definition) is 2. The van der Waals surface area contributed by atoms with E-state index in [-0.39, 0.29) is 0 Å². The molecule has 0 unspecified atom stereocenters. The Morgan fingerprint density at radius 2 is 0.672 bits per heavy atom. The zero-order valence-corrected chi connectivity index (χ0v) is 41.1. The van der Waals surface area contributed by atoms with Crippen molar-refractivity contribution in [1.29, 1.82) is 0 Å². The smallest absolute Gasteiger partial charge is 0.0712 e. The van der Waals surface area contributed by atoms with Crippen molar-refractivity contribution in [1.82, 2.24) is 0 Å². The first-order chi connectivity index (χ1) is 28.7. The molecule has 4 aromatic carbocycles. The number of thioether (sulfide) groups is 6. The van der Waals surface area contributed by atoms with Crippen molar-refractivity contribution < 1.29 is 0 Å². The molecular weight excluding hydrogens is 857 g/mol. The van der Waals surface area contributed by atoms with Crippen LogP contribution in [0.25, 0.3) is 31.4 Å². The topological polar surface area (TPSA) is 0 Å². The molecule has 8 heteroatoms. The first kappa shape index (κ1) is 46.9. The molecule has 0 spiro atoms. The fourth-order valence-corrected chi connectivity index (χ4v) is 16.9. The molecule has 0 aromatic heterocycles. The average molecular weight is 922 g/mol. The summed E-state index contributed by atoms with van der Waals surface area (Å²) in [6.45, 7) is 0. The monoisotopic (exact) mass is 920 g/mol. The summed E-state index contributed by atoms with van der Waals surface area (Å²) in [6, 6.07) is 31.8. The van der Waals surface area contributed by atoms with Crippen molar-refractivity contribution in [2.75, 3.05) is 23.0 Å². The van der Waals surface area contributed by atoms with Crippen LogP contribution >= 0.6 is 95.8 Å². The molecule has 58 heavy (non-hydrogen) atoms. The summed E-state index contributed by atoms with van der Waals surface area (Å²) < 4.78 is 5.93. The second kappa shape index (κ2) is 27.5. The minimum atomic E-state index is 1.04. The van der Waals surface area contributed by atoms with Crippen LogP contribution in [-0.4, -0.2) is 23.0 Å². The van der Waals surface area contributed by atoms with Gasteiger partial charge in [-0.25, -0.2) is 0 Å². The molecular formula is C50H64S8. The number of benzene rings is 4. The van der Waals surface area contributed by atoms with Crippen LogP contribution in [0.3, 0.4) is 0 Å². The number of rotatable bonds is 28. The second-order valence-electron chi connectivity index (χ2n) is 15.6. The van der Waals surface area contributed by atoms with E-state index < -0.39 is 0 Å². The quantitative estimate of drug-likeness (QED) is 0.0427. The predicted octanol–water partition coefficient (Wildman–Crippen LogP) is 19.2. The van der Waals surface area contributed by atoms with E-state index in [4.69, 9.17) is 0 Å². The third-order valence-electron chi connectivity index (χ3n) is 10.9. The molecule has 2 aliphatic rings. The van der Waals surface area contributed by atoms with E-state index in [1.165, 1.54) is 199 Å². The van der Waals surface area contributed by atoms with Crippen molar-refractivity contribution in [3.63, 3.8) is 0 Å². The number of fused-ring (bicyclic) bond motifs is 2. The lowest BCUT2D eigenvalue weighted by Gasteiger charge is -2.07. The Labute approximate surface area is 388 Å². The molecule has 6 rings (SSSR count). The van der Waals surface area contributed by atoms with Gasteiger partial charge in [-0.15, -0.1) is 23.5 Å². The molecule has 0 N–H and O–H groups in total. The maximum absolute atomic E-state index is 4.35. The molecule has 0 fully saturated rings. The Hall–Kier alpha value is -0.580. The van der Waals surface area contributed by atoms with Crippen molar-refractivity contribution in [2.45, 2.75) is 128 Å². The van der Waals surface area contributed by atoms with E-state index in [1.54, 1.807) is 0 Å². The van der Waals surface area contributed by atoms with Crippen LogP contribution in [0, 0.1) is 0 Å². The number of thiol groups is 2. The van der Waals surface area contributed by atoms with E-state index in [9.17, 15) is 0 Å². The molecule has 0 saturated carbocycles. The molecule has 2 heterocycles. The molecule has 4 aromatic rings. The van der Waals surface area contributed by atoms with Crippen LogP contribution < -0.4 is 0 Å².